The molecule has 5 heteroatoms. The minimum Gasteiger partial charge on any atom is -0.381 e. The fraction of sp³-hybridized carbons (Fsp3) is 0.588. The molecule has 0 aromatic heterocycles. The van der Waals surface area contributed by atoms with Gasteiger partial charge in [0.25, 0.3) is 0 Å². The van der Waals surface area contributed by atoms with Gasteiger partial charge in [-0.2, -0.15) is 0 Å². The summed E-state index contributed by atoms with van der Waals surface area (Å²) in [5.41, 5.74) is 1.30. The lowest BCUT2D eigenvalue weighted by Gasteiger charge is -2.21. The number of carbonyl (C=O) groups is 1. The SMILES string of the molecule is Cl.O=C(NCCCOCCc1ccccc1)C1CCNCC1. The quantitative estimate of drug-likeness (QED) is 0.720. The number of amides is 1. The number of carbonyl (C=O) groups excluding carboxylic acids is 1. The lowest BCUT2D eigenvalue weighted by atomic mass is 9.97. The fourth-order valence-corrected chi connectivity index (χ4v) is 2.55. The average molecular weight is 327 g/mol. The third-order valence-electron chi connectivity index (χ3n) is 3.85. The molecule has 0 radical (unpaired) electrons. The van der Waals surface area contributed by atoms with Crippen LogP contribution in [0.25, 0.3) is 0 Å². The Morgan fingerprint density at radius 2 is 1.91 bits per heavy atom. The summed E-state index contributed by atoms with van der Waals surface area (Å²) in [7, 11) is 0. The van der Waals surface area contributed by atoms with E-state index in [4.69, 9.17) is 4.74 Å². The molecule has 1 aromatic rings. The standard InChI is InChI=1S/C17H26N2O2.ClH/c20-17(16-7-11-18-12-8-16)19-10-4-13-21-14-9-15-5-2-1-3-6-15;/h1-3,5-6,16,18H,4,7-14H2,(H,19,20);1H. The smallest absolute Gasteiger partial charge is 0.223 e. The summed E-state index contributed by atoms with van der Waals surface area (Å²) < 4.78 is 5.60. The molecular formula is C17H27ClN2O2. The lowest BCUT2D eigenvalue weighted by Crippen LogP contribution is -2.38. The van der Waals surface area contributed by atoms with Crippen molar-refractivity contribution in [2.75, 3.05) is 32.8 Å². The van der Waals surface area contributed by atoms with E-state index in [1.807, 2.05) is 18.2 Å². The van der Waals surface area contributed by atoms with Crippen LogP contribution in [0.1, 0.15) is 24.8 Å². The minimum atomic E-state index is 0. The van der Waals surface area contributed by atoms with Gasteiger partial charge in [-0.3, -0.25) is 4.79 Å². The van der Waals surface area contributed by atoms with E-state index >= 15 is 0 Å². The van der Waals surface area contributed by atoms with Crippen LogP contribution in [0.3, 0.4) is 0 Å². The number of piperidine rings is 1. The number of rotatable bonds is 8. The highest BCUT2D eigenvalue weighted by atomic mass is 35.5. The third kappa shape index (κ3) is 7.25. The normalized spacial score (nSPS) is 15.1. The molecule has 1 amide bonds. The van der Waals surface area contributed by atoms with E-state index in [2.05, 4.69) is 22.8 Å². The lowest BCUT2D eigenvalue weighted by molar-refractivity contribution is -0.125. The van der Waals surface area contributed by atoms with Gasteiger partial charge in [-0.1, -0.05) is 30.3 Å². The molecule has 0 atom stereocenters. The maximum Gasteiger partial charge on any atom is 0.223 e. The van der Waals surface area contributed by atoms with Gasteiger partial charge in [-0.05, 0) is 44.3 Å². The van der Waals surface area contributed by atoms with Crippen LogP contribution < -0.4 is 10.6 Å². The number of hydrogen-bond donors (Lipinski definition) is 2. The van der Waals surface area contributed by atoms with Crippen LogP contribution in [0.5, 0.6) is 0 Å². The molecule has 0 unspecified atom stereocenters. The number of nitrogens with one attached hydrogen (secondary N) is 2. The molecule has 2 rings (SSSR count). The molecule has 0 spiro atoms. The molecule has 4 nitrogen and oxygen atoms in total. The van der Waals surface area contributed by atoms with E-state index in [9.17, 15) is 4.79 Å². The molecule has 22 heavy (non-hydrogen) atoms. The Balaban J connectivity index is 0.00000242. The Morgan fingerprint density at radius 3 is 2.64 bits per heavy atom. The van der Waals surface area contributed by atoms with Crippen molar-refractivity contribution in [1.82, 2.24) is 10.6 Å². The largest absolute Gasteiger partial charge is 0.381 e. The van der Waals surface area contributed by atoms with E-state index in [0.717, 1.165) is 45.4 Å². The summed E-state index contributed by atoms with van der Waals surface area (Å²) in [4.78, 5) is 11.9. The zero-order chi connectivity index (χ0) is 14.8. The predicted octanol–water partition coefficient (Wildman–Crippen LogP) is 2.17. The van der Waals surface area contributed by atoms with Crippen molar-refractivity contribution in [2.45, 2.75) is 25.7 Å². The van der Waals surface area contributed by atoms with Gasteiger partial charge in [0.2, 0.25) is 5.91 Å². The molecule has 1 fully saturated rings. The van der Waals surface area contributed by atoms with E-state index < -0.39 is 0 Å². The summed E-state index contributed by atoms with van der Waals surface area (Å²) in [6.45, 7) is 4.08. The van der Waals surface area contributed by atoms with Gasteiger partial charge < -0.3 is 15.4 Å². The highest BCUT2D eigenvalue weighted by Crippen LogP contribution is 2.11. The first kappa shape index (κ1) is 18.9. The van der Waals surface area contributed by atoms with Crippen LogP contribution in [0, 0.1) is 5.92 Å². The van der Waals surface area contributed by atoms with Crippen molar-refractivity contribution in [3.8, 4) is 0 Å². The zero-order valence-electron chi connectivity index (χ0n) is 13.1. The van der Waals surface area contributed by atoms with E-state index in [-0.39, 0.29) is 24.2 Å². The van der Waals surface area contributed by atoms with Gasteiger partial charge in [-0.25, -0.2) is 0 Å². The predicted molar refractivity (Wildman–Crippen MR) is 91.4 cm³/mol. The van der Waals surface area contributed by atoms with Crippen LogP contribution in [-0.4, -0.2) is 38.8 Å². The van der Waals surface area contributed by atoms with Gasteiger partial charge >= 0.3 is 0 Å². The summed E-state index contributed by atoms with van der Waals surface area (Å²) >= 11 is 0. The molecule has 1 aliphatic heterocycles. The molecule has 2 N–H and O–H groups in total. The first-order chi connectivity index (χ1) is 10.4. The topological polar surface area (TPSA) is 50.4 Å². The van der Waals surface area contributed by atoms with Gasteiger partial charge in [0.15, 0.2) is 0 Å². The van der Waals surface area contributed by atoms with Crippen molar-refractivity contribution >= 4 is 18.3 Å². The molecule has 124 valence electrons. The molecule has 1 saturated heterocycles. The van der Waals surface area contributed by atoms with Crippen LogP contribution in [0.2, 0.25) is 0 Å². The van der Waals surface area contributed by atoms with Crippen molar-refractivity contribution in [2.24, 2.45) is 5.92 Å². The van der Waals surface area contributed by atoms with E-state index in [1.54, 1.807) is 0 Å². The Labute approximate surface area is 139 Å². The monoisotopic (exact) mass is 326 g/mol. The first-order valence-electron chi connectivity index (χ1n) is 7.96. The van der Waals surface area contributed by atoms with Gasteiger partial charge in [0.05, 0.1) is 6.61 Å². The fourth-order valence-electron chi connectivity index (χ4n) is 2.55. The number of hydrogen-bond acceptors (Lipinski definition) is 3. The number of ether oxygens (including phenoxy) is 1. The van der Waals surface area contributed by atoms with Crippen LogP contribution in [-0.2, 0) is 16.0 Å². The summed E-state index contributed by atoms with van der Waals surface area (Å²) in [5, 5.41) is 6.29. The second kappa shape index (κ2) is 11.5. The Kier molecular flexibility index (Phi) is 9.87. The van der Waals surface area contributed by atoms with Crippen LogP contribution in [0.4, 0.5) is 0 Å². The Bertz CT molecular complexity index is 408. The Hall–Kier alpha value is -1.10. The van der Waals surface area contributed by atoms with E-state index in [1.165, 1.54) is 5.56 Å². The van der Waals surface area contributed by atoms with Crippen molar-refractivity contribution < 1.29 is 9.53 Å². The number of benzene rings is 1. The van der Waals surface area contributed by atoms with Crippen LogP contribution >= 0.6 is 12.4 Å². The van der Waals surface area contributed by atoms with Gasteiger partial charge in [-0.15, -0.1) is 12.4 Å². The van der Waals surface area contributed by atoms with Crippen molar-refractivity contribution in [1.29, 1.82) is 0 Å². The van der Waals surface area contributed by atoms with Gasteiger partial charge in [0.1, 0.15) is 0 Å². The summed E-state index contributed by atoms with van der Waals surface area (Å²) in [5.74, 6) is 0.408. The molecule has 0 saturated carbocycles. The number of halogens is 1. The molecule has 1 heterocycles. The van der Waals surface area contributed by atoms with Crippen molar-refractivity contribution in [3.05, 3.63) is 35.9 Å². The first-order valence-corrected chi connectivity index (χ1v) is 7.96. The third-order valence-corrected chi connectivity index (χ3v) is 3.85. The highest BCUT2D eigenvalue weighted by Gasteiger charge is 2.19. The minimum absolute atomic E-state index is 0. The zero-order valence-corrected chi connectivity index (χ0v) is 13.9. The molecule has 0 aliphatic carbocycles. The maximum absolute atomic E-state index is 11.9. The van der Waals surface area contributed by atoms with Gasteiger partial charge in [0, 0.05) is 19.1 Å². The maximum atomic E-state index is 11.9. The molecule has 1 aliphatic rings. The average Bonchev–Trinajstić information content (AvgIpc) is 2.55. The molecule has 0 bridgehead atoms. The highest BCUT2D eigenvalue weighted by molar-refractivity contribution is 5.85. The van der Waals surface area contributed by atoms with E-state index in [0.29, 0.717) is 13.2 Å². The summed E-state index contributed by atoms with van der Waals surface area (Å²) in [6.07, 6.45) is 3.74. The summed E-state index contributed by atoms with van der Waals surface area (Å²) in [6, 6.07) is 10.3. The van der Waals surface area contributed by atoms with Crippen molar-refractivity contribution in [3.63, 3.8) is 0 Å². The Morgan fingerprint density at radius 1 is 1.18 bits per heavy atom. The second-order valence-electron chi connectivity index (χ2n) is 5.52. The van der Waals surface area contributed by atoms with Crippen LogP contribution in [0.15, 0.2) is 30.3 Å². The second-order valence-corrected chi connectivity index (χ2v) is 5.52. The molecular weight excluding hydrogens is 300 g/mol. The molecule has 1 aromatic carbocycles.